The van der Waals surface area contributed by atoms with E-state index in [1.807, 2.05) is 36.2 Å². The van der Waals surface area contributed by atoms with Gasteiger partial charge in [-0.05, 0) is 57.2 Å². The fourth-order valence-electron chi connectivity index (χ4n) is 2.75. The van der Waals surface area contributed by atoms with Crippen LogP contribution in [-0.2, 0) is 4.79 Å². The second-order valence-electron chi connectivity index (χ2n) is 5.68. The van der Waals surface area contributed by atoms with Crippen LogP contribution in [0.3, 0.4) is 0 Å². The molecule has 0 aromatic heterocycles. The van der Waals surface area contributed by atoms with Crippen LogP contribution in [-0.4, -0.2) is 66.8 Å². The van der Waals surface area contributed by atoms with Gasteiger partial charge in [-0.25, -0.2) is 0 Å². The van der Waals surface area contributed by atoms with E-state index < -0.39 is 5.97 Å². The maximum Gasteiger partial charge on any atom is 0.317 e. The number of likely N-dealkylation sites (N-methyl/N-ethyl adjacent to an activating group) is 1. The highest BCUT2D eigenvalue weighted by Gasteiger charge is 2.23. The summed E-state index contributed by atoms with van der Waals surface area (Å²) in [4.78, 5) is 15.0. The average Bonchev–Trinajstić information content (AvgIpc) is 2.49. The van der Waals surface area contributed by atoms with Gasteiger partial charge in [0.1, 0.15) is 12.4 Å². The van der Waals surface area contributed by atoms with Crippen molar-refractivity contribution in [1.29, 1.82) is 0 Å². The number of aliphatic carboxylic acids is 1. The Balaban J connectivity index is 1.65. The number of hydrogen-bond donors (Lipinski definition) is 1. The summed E-state index contributed by atoms with van der Waals surface area (Å²) in [5, 5.41) is 9.54. The first-order valence-electron chi connectivity index (χ1n) is 7.57. The molecule has 0 radical (unpaired) electrons. The smallest absolute Gasteiger partial charge is 0.317 e. The molecule has 1 aromatic carbocycles. The lowest BCUT2D eigenvalue weighted by Gasteiger charge is -2.36. The molecule has 1 N–H and O–H groups in total. The Morgan fingerprint density at radius 3 is 2.59 bits per heavy atom. The number of ether oxygens (including phenoxy) is 1. The number of likely N-dealkylation sites (tertiary alicyclic amines) is 1. The van der Waals surface area contributed by atoms with E-state index in [1.165, 1.54) is 0 Å². The highest BCUT2D eigenvalue weighted by molar-refractivity contribution is 6.30. The molecule has 0 aliphatic carbocycles. The summed E-state index contributed by atoms with van der Waals surface area (Å²) in [6.45, 7) is 3.62. The van der Waals surface area contributed by atoms with Gasteiger partial charge < -0.3 is 9.84 Å². The van der Waals surface area contributed by atoms with Crippen LogP contribution in [0.15, 0.2) is 24.3 Å². The van der Waals surface area contributed by atoms with Gasteiger partial charge in [0.25, 0.3) is 0 Å². The summed E-state index contributed by atoms with van der Waals surface area (Å²) in [6.07, 6.45) is 2.01. The highest BCUT2D eigenvalue weighted by atomic mass is 35.5. The lowest BCUT2D eigenvalue weighted by Crippen LogP contribution is -2.45. The van der Waals surface area contributed by atoms with Crippen LogP contribution < -0.4 is 4.74 Å². The van der Waals surface area contributed by atoms with Gasteiger partial charge in [0, 0.05) is 17.6 Å². The molecule has 0 saturated carbocycles. The third-order valence-electron chi connectivity index (χ3n) is 4.05. The predicted octanol–water partition coefficient (Wildman–Crippen LogP) is 2.20. The van der Waals surface area contributed by atoms with E-state index in [9.17, 15) is 4.79 Å². The maximum atomic E-state index is 10.7. The van der Waals surface area contributed by atoms with Gasteiger partial charge in [-0.2, -0.15) is 0 Å². The van der Waals surface area contributed by atoms with Gasteiger partial charge in [-0.1, -0.05) is 11.6 Å². The summed E-state index contributed by atoms with van der Waals surface area (Å²) in [5.74, 6) is 0.0711. The maximum absolute atomic E-state index is 10.7. The molecule has 0 amide bonds. The number of carbonyl (C=O) groups is 1. The minimum Gasteiger partial charge on any atom is -0.492 e. The monoisotopic (exact) mass is 326 g/mol. The number of piperidine rings is 1. The fraction of sp³-hybridized carbons (Fsp3) is 0.562. The van der Waals surface area contributed by atoms with Crippen molar-refractivity contribution < 1.29 is 14.6 Å². The summed E-state index contributed by atoms with van der Waals surface area (Å²) in [5.41, 5.74) is 0. The van der Waals surface area contributed by atoms with Gasteiger partial charge in [-0.3, -0.25) is 14.6 Å². The molecule has 1 fully saturated rings. The Hall–Kier alpha value is -1.30. The average molecular weight is 327 g/mol. The third-order valence-corrected chi connectivity index (χ3v) is 4.31. The quantitative estimate of drug-likeness (QED) is 0.832. The number of nitrogens with zero attached hydrogens (tertiary/aromatic N) is 2. The molecular weight excluding hydrogens is 304 g/mol. The van der Waals surface area contributed by atoms with Crippen LogP contribution in [0.5, 0.6) is 5.75 Å². The molecule has 0 unspecified atom stereocenters. The topological polar surface area (TPSA) is 53.0 Å². The second kappa shape index (κ2) is 8.36. The lowest BCUT2D eigenvalue weighted by atomic mass is 10.0. The predicted molar refractivity (Wildman–Crippen MR) is 86.7 cm³/mol. The van der Waals surface area contributed by atoms with E-state index in [2.05, 4.69) is 4.90 Å². The second-order valence-corrected chi connectivity index (χ2v) is 6.12. The minimum absolute atomic E-state index is 0.115. The zero-order valence-electron chi connectivity index (χ0n) is 12.9. The van der Waals surface area contributed by atoms with Crippen LogP contribution >= 0.6 is 11.6 Å². The molecule has 2 rings (SSSR count). The summed E-state index contributed by atoms with van der Waals surface area (Å²) >= 11 is 5.83. The van der Waals surface area contributed by atoms with E-state index >= 15 is 0 Å². The van der Waals surface area contributed by atoms with Crippen molar-refractivity contribution in [3.8, 4) is 5.75 Å². The normalized spacial score (nSPS) is 16.9. The van der Waals surface area contributed by atoms with Crippen molar-refractivity contribution in [2.75, 3.05) is 39.8 Å². The molecule has 1 aromatic rings. The Labute approximate surface area is 136 Å². The van der Waals surface area contributed by atoms with E-state index in [-0.39, 0.29) is 6.54 Å². The van der Waals surface area contributed by atoms with Crippen LogP contribution in [0.25, 0.3) is 0 Å². The Morgan fingerprint density at radius 2 is 2.00 bits per heavy atom. The zero-order chi connectivity index (χ0) is 15.9. The Bertz CT molecular complexity index is 473. The van der Waals surface area contributed by atoms with E-state index in [1.54, 1.807) is 0 Å². The molecule has 22 heavy (non-hydrogen) atoms. The SMILES string of the molecule is CN(CC(=O)O)C1CCN(CCOc2ccc(Cl)cc2)CC1. The summed E-state index contributed by atoms with van der Waals surface area (Å²) in [6, 6.07) is 7.75. The number of carboxylic acid groups (broad SMARTS) is 1. The number of halogens is 1. The molecule has 1 aliphatic rings. The van der Waals surface area contributed by atoms with Crippen molar-refractivity contribution in [1.82, 2.24) is 9.80 Å². The van der Waals surface area contributed by atoms with Crippen molar-refractivity contribution >= 4 is 17.6 Å². The molecule has 0 bridgehead atoms. The van der Waals surface area contributed by atoms with Gasteiger partial charge >= 0.3 is 5.97 Å². The van der Waals surface area contributed by atoms with Crippen LogP contribution in [0.4, 0.5) is 0 Å². The molecule has 5 nitrogen and oxygen atoms in total. The van der Waals surface area contributed by atoms with Crippen molar-refractivity contribution in [3.63, 3.8) is 0 Å². The number of benzene rings is 1. The van der Waals surface area contributed by atoms with Crippen molar-refractivity contribution in [2.24, 2.45) is 0 Å². The molecule has 6 heteroatoms. The van der Waals surface area contributed by atoms with Gasteiger partial charge in [0.15, 0.2) is 0 Å². The van der Waals surface area contributed by atoms with Crippen molar-refractivity contribution in [2.45, 2.75) is 18.9 Å². The summed E-state index contributed by atoms with van der Waals surface area (Å²) in [7, 11) is 1.89. The molecule has 1 heterocycles. The molecule has 1 saturated heterocycles. The first kappa shape index (κ1) is 17.1. The lowest BCUT2D eigenvalue weighted by molar-refractivity contribution is -0.138. The van der Waals surface area contributed by atoms with E-state index in [0.717, 1.165) is 38.2 Å². The first-order chi connectivity index (χ1) is 10.5. The fourth-order valence-corrected chi connectivity index (χ4v) is 2.88. The summed E-state index contributed by atoms with van der Waals surface area (Å²) < 4.78 is 5.70. The van der Waals surface area contributed by atoms with E-state index in [4.69, 9.17) is 21.4 Å². The Morgan fingerprint density at radius 1 is 1.36 bits per heavy atom. The van der Waals surface area contributed by atoms with Crippen LogP contribution in [0.2, 0.25) is 5.02 Å². The van der Waals surface area contributed by atoms with Crippen LogP contribution in [0.1, 0.15) is 12.8 Å². The highest BCUT2D eigenvalue weighted by Crippen LogP contribution is 2.17. The number of carboxylic acids is 1. The van der Waals surface area contributed by atoms with Crippen LogP contribution in [0, 0.1) is 0 Å². The molecule has 0 atom stereocenters. The van der Waals surface area contributed by atoms with Gasteiger partial charge in [-0.15, -0.1) is 0 Å². The first-order valence-corrected chi connectivity index (χ1v) is 7.95. The van der Waals surface area contributed by atoms with Gasteiger partial charge in [0.2, 0.25) is 0 Å². The standard InChI is InChI=1S/C16H23ClN2O3/c1-18(12-16(20)21)14-6-8-19(9-7-14)10-11-22-15-4-2-13(17)3-5-15/h2-5,14H,6-12H2,1H3,(H,20,21). The molecular formula is C16H23ClN2O3. The molecule has 0 spiro atoms. The number of rotatable bonds is 7. The largest absolute Gasteiger partial charge is 0.492 e. The third kappa shape index (κ3) is 5.48. The Kier molecular flexibility index (Phi) is 6.49. The number of hydrogen-bond acceptors (Lipinski definition) is 4. The zero-order valence-corrected chi connectivity index (χ0v) is 13.6. The van der Waals surface area contributed by atoms with Crippen molar-refractivity contribution in [3.05, 3.63) is 29.3 Å². The minimum atomic E-state index is -0.763. The van der Waals surface area contributed by atoms with E-state index in [0.29, 0.717) is 17.7 Å². The van der Waals surface area contributed by atoms with Gasteiger partial charge in [0.05, 0.1) is 6.54 Å². The molecule has 1 aliphatic heterocycles. The molecule has 122 valence electrons.